The Labute approximate surface area is 90.9 Å². The number of nitroso groups, excluding NO2 is 1. The molecule has 0 aliphatic heterocycles. The molecule has 0 amide bonds. The third-order valence-corrected chi connectivity index (χ3v) is 1.97. The summed E-state index contributed by atoms with van der Waals surface area (Å²) in [5.74, 6) is -0.485. The Kier molecular flexibility index (Phi) is 3.78. The predicted molar refractivity (Wildman–Crippen MR) is 53.7 cm³/mol. The van der Waals surface area contributed by atoms with Gasteiger partial charge in [0.05, 0.1) is 19.8 Å². The first-order valence-electron chi connectivity index (χ1n) is 4.26. The molecule has 0 aromatic heterocycles. The fraction of sp³-hybridized carbons (Fsp3) is 0.222. The maximum atomic E-state index is 11.3. The van der Waals surface area contributed by atoms with E-state index in [4.69, 9.17) is 9.94 Å². The summed E-state index contributed by atoms with van der Waals surface area (Å²) in [7, 11) is 2.55. The maximum absolute atomic E-state index is 11.3. The van der Waals surface area contributed by atoms with Crippen LogP contribution in [0.15, 0.2) is 12.1 Å². The number of carbonyl (C=O) groups is 1. The minimum Gasteiger partial charge on any atom is -0.490 e. The Morgan fingerprint density at radius 2 is 2.12 bits per heavy atom. The molecule has 0 radical (unpaired) electrons. The number of rotatable bonds is 4. The van der Waals surface area contributed by atoms with Gasteiger partial charge in [-0.05, 0) is 6.07 Å². The summed E-state index contributed by atoms with van der Waals surface area (Å²) < 4.78 is 9.40. The van der Waals surface area contributed by atoms with Gasteiger partial charge in [0.25, 0.3) is 0 Å². The monoisotopic (exact) mass is 227 g/mol. The molecule has 0 atom stereocenters. The average molecular weight is 227 g/mol. The largest absolute Gasteiger partial charge is 0.490 e. The van der Waals surface area contributed by atoms with E-state index in [1.807, 2.05) is 0 Å². The van der Waals surface area contributed by atoms with Crippen LogP contribution in [0.4, 0.5) is 11.4 Å². The number of nitrogens with one attached hydrogen (secondary N) is 2. The van der Waals surface area contributed by atoms with Crippen molar-refractivity contribution in [2.24, 2.45) is 0 Å². The molecule has 7 nitrogen and oxygen atoms in total. The minimum atomic E-state index is -0.604. The minimum absolute atomic E-state index is 0.00217. The van der Waals surface area contributed by atoms with Crippen LogP contribution in [-0.4, -0.2) is 25.4 Å². The van der Waals surface area contributed by atoms with E-state index in [2.05, 4.69) is 4.74 Å². The summed E-state index contributed by atoms with van der Waals surface area (Å²) in [5.41, 5.74) is 1.96. The van der Waals surface area contributed by atoms with Crippen molar-refractivity contribution < 1.29 is 24.7 Å². The summed E-state index contributed by atoms with van der Waals surface area (Å²) >= 11 is 0. The van der Waals surface area contributed by atoms with E-state index in [1.54, 1.807) is 10.7 Å². The van der Waals surface area contributed by atoms with Crippen LogP contribution in [0.25, 0.3) is 0 Å². The zero-order chi connectivity index (χ0) is 12.1. The smallest absolute Gasteiger partial charge is 0.338 e. The van der Waals surface area contributed by atoms with Crippen LogP contribution < -0.4 is 15.4 Å². The van der Waals surface area contributed by atoms with Crippen LogP contribution in [0.5, 0.6) is 5.75 Å². The molecule has 7 heteroatoms. The highest BCUT2D eigenvalue weighted by Gasteiger charge is 2.20. The lowest BCUT2D eigenvalue weighted by molar-refractivity contribution is -0.379. The number of esters is 1. The van der Waals surface area contributed by atoms with Crippen LogP contribution in [0.3, 0.4) is 0 Å². The number of hydrogen-bond acceptors (Lipinski definition) is 6. The van der Waals surface area contributed by atoms with E-state index in [1.165, 1.54) is 26.4 Å². The Balaban J connectivity index is 3.36. The van der Waals surface area contributed by atoms with Gasteiger partial charge in [0, 0.05) is 16.2 Å². The third kappa shape index (κ3) is 2.09. The number of carbonyl (C=O) groups excluding carboxylic acids is 1. The highest BCUT2D eigenvalue weighted by atomic mass is 16.5. The number of anilines is 1. The van der Waals surface area contributed by atoms with Crippen LogP contribution in [0.1, 0.15) is 10.4 Å². The second-order valence-electron chi connectivity index (χ2n) is 2.81. The third-order valence-electron chi connectivity index (χ3n) is 1.97. The molecule has 3 N–H and O–H groups in total. The Morgan fingerprint density at radius 1 is 1.44 bits per heavy atom. The van der Waals surface area contributed by atoms with Gasteiger partial charge in [-0.1, -0.05) is 0 Å². The number of methoxy groups -OCH3 is 2. The van der Waals surface area contributed by atoms with E-state index in [9.17, 15) is 9.70 Å². The average Bonchev–Trinajstić information content (AvgIpc) is 2.35. The second-order valence-corrected chi connectivity index (χ2v) is 2.81. The first-order chi connectivity index (χ1) is 7.67. The molecule has 1 aromatic carbocycles. The number of hydrogen-bond donors (Lipinski definition) is 3. The van der Waals surface area contributed by atoms with Gasteiger partial charge in [0.15, 0.2) is 5.75 Å². The van der Waals surface area contributed by atoms with Gasteiger partial charge in [0.2, 0.25) is 0 Å². The lowest BCUT2D eigenvalue weighted by atomic mass is 10.1. The summed E-state index contributed by atoms with van der Waals surface area (Å²) in [6.07, 6.45) is 0. The topological polar surface area (TPSA) is 98.8 Å². The Morgan fingerprint density at radius 3 is 2.56 bits per heavy atom. The van der Waals surface area contributed by atoms with Crippen LogP contribution in [0.2, 0.25) is 0 Å². The zero-order valence-electron chi connectivity index (χ0n) is 8.73. The number of benzene rings is 1. The molecule has 0 bridgehead atoms. The molecular weight excluding hydrogens is 216 g/mol. The maximum Gasteiger partial charge on any atom is 0.338 e. The molecule has 0 aliphatic carbocycles. The lowest BCUT2D eigenvalue weighted by Crippen LogP contribution is -2.56. The molecule has 1 aromatic rings. The zero-order valence-corrected chi connectivity index (χ0v) is 8.73. The van der Waals surface area contributed by atoms with Gasteiger partial charge < -0.3 is 9.47 Å². The van der Waals surface area contributed by atoms with Crippen LogP contribution in [0, 0.1) is 4.91 Å². The van der Waals surface area contributed by atoms with E-state index in [0.717, 1.165) is 0 Å². The van der Waals surface area contributed by atoms with E-state index >= 15 is 0 Å². The Bertz CT molecular complexity index is 393. The van der Waals surface area contributed by atoms with Crippen molar-refractivity contribution >= 4 is 17.3 Å². The van der Waals surface area contributed by atoms with E-state index in [-0.39, 0.29) is 22.7 Å². The van der Waals surface area contributed by atoms with Crippen molar-refractivity contribution in [3.05, 3.63) is 22.6 Å². The van der Waals surface area contributed by atoms with Gasteiger partial charge in [-0.15, -0.1) is 0 Å². The molecule has 1 rings (SSSR count). The van der Waals surface area contributed by atoms with E-state index in [0.29, 0.717) is 0 Å². The van der Waals surface area contributed by atoms with Crippen LogP contribution in [-0.2, 0) is 4.74 Å². The fourth-order valence-corrected chi connectivity index (χ4v) is 1.21. The first-order valence-corrected chi connectivity index (χ1v) is 4.26. The molecule has 0 heterocycles. The standard InChI is InChI=1S/C9H10N2O5/c1-15-7-4-5(9(12)16-2)3-6(10-13)8(7)11-14/h3-4,10,13H,1-2H3/p+1. The van der Waals surface area contributed by atoms with Gasteiger partial charge >= 0.3 is 11.7 Å². The van der Waals surface area contributed by atoms with Crippen LogP contribution >= 0.6 is 0 Å². The normalized spacial score (nSPS) is 9.44. The fourth-order valence-electron chi connectivity index (χ4n) is 1.21. The van der Waals surface area contributed by atoms with Crippen molar-refractivity contribution in [3.63, 3.8) is 0 Å². The molecule has 0 aliphatic rings. The lowest BCUT2D eigenvalue weighted by Gasteiger charge is -2.06. The SMILES string of the molecule is COC(=O)c1cc(NO)c([NH+]=O)c(OC)c1. The summed E-state index contributed by atoms with van der Waals surface area (Å²) in [4.78, 5) is 21.9. The van der Waals surface area contributed by atoms with Crippen molar-refractivity contribution in [1.82, 2.24) is 0 Å². The highest BCUT2D eigenvalue weighted by Crippen LogP contribution is 2.29. The van der Waals surface area contributed by atoms with E-state index < -0.39 is 5.97 Å². The first kappa shape index (κ1) is 11.9. The molecule has 0 fully saturated rings. The van der Waals surface area contributed by atoms with Gasteiger partial charge in [-0.2, -0.15) is 0 Å². The van der Waals surface area contributed by atoms with Crippen molar-refractivity contribution in [1.29, 1.82) is 0 Å². The van der Waals surface area contributed by atoms with Crippen molar-refractivity contribution in [3.8, 4) is 5.75 Å². The molecule has 0 spiro atoms. The molecular formula is C9H11N2O5+. The Hall–Kier alpha value is -2.15. The summed E-state index contributed by atoms with van der Waals surface area (Å²) in [6.45, 7) is 0. The molecule has 0 unspecified atom stereocenters. The molecule has 0 saturated carbocycles. The molecule has 0 saturated heterocycles. The summed E-state index contributed by atoms with van der Waals surface area (Å²) in [5, 5.41) is 10.4. The second kappa shape index (κ2) is 5.08. The van der Waals surface area contributed by atoms with Gasteiger partial charge in [-0.3, -0.25) is 10.7 Å². The van der Waals surface area contributed by atoms with Crippen molar-refractivity contribution in [2.75, 3.05) is 19.7 Å². The van der Waals surface area contributed by atoms with Crippen molar-refractivity contribution in [2.45, 2.75) is 0 Å². The molecule has 86 valence electrons. The molecule has 16 heavy (non-hydrogen) atoms. The number of ether oxygens (including phenoxy) is 2. The summed E-state index contributed by atoms with van der Waals surface area (Å²) in [6, 6.07) is 2.58. The van der Waals surface area contributed by atoms with Gasteiger partial charge in [0.1, 0.15) is 5.69 Å². The van der Waals surface area contributed by atoms with Gasteiger partial charge in [-0.25, -0.2) is 4.79 Å². The highest BCUT2D eigenvalue weighted by molar-refractivity contribution is 5.92. The predicted octanol–water partition coefficient (Wildman–Crippen LogP) is -0.239. The quantitative estimate of drug-likeness (QED) is 0.485.